The van der Waals surface area contributed by atoms with E-state index >= 15 is 0 Å². The first-order chi connectivity index (χ1) is 14.8. The Labute approximate surface area is 181 Å². The summed E-state index contributed by atoms with van der Waals surface area (Å²) in [5.41, 5.74) is 5.02. The van der Waals surface area contributed by atoms with Gasteiger partial charge in [-0.2, -0.15) is 4.31 Å². The minimum Gasteiger partial charge on any atom is -0.496 e. The van der Waals surface area contributed by atoms with E-state index in [2.05, 4.69) is 15.3 Å². The topological polar surface area (TPSA) is 104 Å². The Morgan fingerprint density at radius 1 is 1.23 bits per heavy atom. The molecule has 2 N–H and O–H groups in total. The molecule has 0 fully saturated rings. The number of nitrogens with one attached hydrogen (secondary N) is 2. The third-order valence-electron chi connectivity index (χ3n) is 5.50. The quantitative estimate of drug-likeness (QED) is 0.635. The van der Waals surface area contributed by atoms with Crippen molar-refractivity contribution in [2.45, 2.75) is 6.42 Å². The number of rotatable bonds is 5. The van der Waals surface area contributed by atoms with Gasteiger partial charge in [-0.15, -0.1) is 0 Å². The fourth-order valence-corrected chi connectivity index (χ4v) is 4.60. The highest BCUT2D eigenvalue weighted by atomic mass is 32.2. The van der Waals surface area contributed by atoms with Crippen molar-refractivity contribution in [2.24, 2.45) is 0 Å². The second-order valence-electron chi connectivity index (χ2n) is 7.40. The van der Waals surface area contributed by atoms with Crippen LogP contribution in [0.15, 0.2) is 42.6 Å². The van der Waals surface area contributed by atoms with Gasteiger partial charge in [0.25, 0.3) is 5.91 Å². The van der Waals surface area contributed by atoms with Crippen LogP contribution in [-0.4, -0.2) is 62.1 Å². The zero-order valence-electron chi connectivity index (χ0n) is 17.6. The van der Waals surface area contributed by atoms with Gasteiger partial charge in [0, 0.05) is 48.5 Å². The molecule has 0 saturated carbocycles. The van der Waals surface area contributed by atoms with Crippen molar-refractivity contribution in [3.63, 3.8) is 0 Å². The zero-order chi connectivity index (χ0) is 22.2. The number of amides is 1. The molecule has 0 spiro atoms. The van der Waals surface area contributed by atoms with E-state index in [0.717, 1.165) is 33.4 Å². The van der Waals surface area contributed by atoms with E-state index in [1.54, 1.807) is 32.5 Å². The molecular formula is C22H24N4O4S. The highest BCUT2D eigenvalue weighted by Gasteiger charge is 2.22. The fraction of sp³-hybridized carbons (Fsp3) is 0.273. The van der Waals surface area contributed by atoms with E-state index in [9.17, 15) is 13.2 Å². The van der Waals surface area contributed by atoms with Crippen molar-refractivity contribution < 1.29 is 17.9 Å². The SMILES string of the molecule is CNC(=O)c1ccc(-c2ccnc3[nH]c(C4=CCN(S(C)(=O)=O)CC4)cc23)c(OC)c1. The Morgan fingerprint density at radius 3 is 2.68 bits per heavy atom. The summed E-state index contributed by atoms with van der Waals surface area (Å²) in [6.45, 7) is 0.813. The number of carbonyl (C=O) groups excluding carboxylic acids is 1. The predicted octanol–water partition coefficient (Wildman–Crippen LogP) is 2.65. The van der Waals surface area contributed by atoms with Crippen molar-refractivity contribution in [2.75, 3.05) is 33.5 Å². The standard InChI is InChI=1S/C22H24N4O4S/c1-23-22(27)15-4-5-17(20(12-15)30-2)16-6-9-24-21-18(16)13-19(25-21)14-7-10-26(11-8-14)31(3,28)29/h4-7,9,12-13H,8,10-11H2,1-3H3,(H,23,27)(H,24,25). The van der Waals surface area contributed by atoms with E-state index in [-0.39, 0.29) is 5.91 Å². The van der Waals surface area contributed by atoms with Crippen molar-refractivity contribution >= 4 is 32.5 Å². The molecule has 2 aromatic heterocycles. The maximum Gasteiger partial charge on any atom is 0.251 e. The Kier molecular flexibility index (Phi) is 5.55. The van der Waals surface area contributed by atoms with Crippen molar-refractivity contribution in [3.05, 3.63) is 53.9 Å². The van der Waals surface area contributed by atoms with Crippen LogP contribution in [0.4, 0.5) is 0 Å². The van der Waals surface area contributed by atoms with Gasteiger partial charge in [-0.05, 0) is 47.9 Å². The Balaban J connectivity index is 1.74. The van der Waals surface area contributed by atoms with Gasteiger partial charge in [0.1, 0.15) is 11.4 Å². The summed E-state index contributed by atoms with van der Waals surface area (Å²) in [7, 11) is -0.0284. The van der Waals surface area contributed by atoms with Crippen LogP contribution in [0.3, 0.4) is 0 Å². The monoisotopic (exact) mass is 440 g/mol. The lowest BCUT2D eigenvalue weighted by Gasteiger charge is -2.23. The van der Waals surface area contributed by atoms with E-state index in [1.807, 2.05) is 24.3 Å². The second kappa shape index (κ2) is 8.16. The molecule has 162 valence electrons. The number of aromatic nitrogens is 2. The van der Waals surface area contributed by atoms with E-state index < -0.39 is 10.0 Å². The minimum absolute atomic E-state index is 0.180. The van der Waals surface area contributed by atoms with Gasteiger partial charge in [-0.1, -0.05) is 6.08 Å². The number of carbonyl (C=O) groups is 1. The Hall–Kier alpha value is -3.17. The first kappa shape index (κ1) is 21.1. The number of hydrogen-bond donors (Lipinski definition) is 2. The molecule has 1 amide bonds. The van der Waals surface area contributed by atoms with Gasteiger partial charge in [0.05, 0.1) is 13.4 Å². The molecule has 4 rings (SSSR count). The molecular weight excluding hydrogens is 416 g/mol. The van der Waals surface area contributed by atoms with Crippen LogP contribution in [-0.2, 0) is 10.0 Å². The number of ether oxygens (including phenoxy) is 1. The fourth-order valence-electron chi connectivity index (χ4n) is 3.83. The summed E-state index contributed by atoms with van der Waals surface area (Å²) in [5.74, 6) is 0.415. The van der Waals surface area contributed by atoms with Crippen LogP contribution in [0.2, 0.25) is 0 Å². The van der Waals surface area contributed by atoms with Crippen LogP contribution < -0.4 is 10.1 Å². The van der Waals surface area contributed by atoms with E-state index in [0.29, 0.717) is 30.8 Å². The molecule has 9 heteroatoms. The Bertz CT molecular complexity index is 1290. The third-order valence-corrected chi connectivity index (χ3v) is 6.77. The number of benzene rings is 1. The number of pyridine rings is 1. The predicted molar refractivity (Wildman–Crippen MR) is 120 cm³/mol. The summed E-state index contributed by atoms with van der Waals surface area (Å²) >= 11 is 0. The molecule has 31 heavy (non-hydrogen) atoms. The van der Waals surface area contributed by atoms with Crippen LogP contribution in [0, 0.1) is 0 Å². The summed E-state index contributed by atoms with van der Waals surface area (Å²) in [6, 6.07) is 9.30. The van der Waals surface area contributed by atoms with Crippen LogP contribution in [0.1, 0.15) is 22.5 Å². The summed E-state index contributed by atoms with van der Waals surface area (Å²) in [5, 5.41) is 3.54. The summed E-state index contributed by atoms with van der Waals surface area (Å²) < 4.78 is 30.5. The first-order valence-corrected chi connectivity index (χ1v) is 11.7. The number of hydrogen-bond acceptors (Lipinski definition) is 5. The number of sulfonamides is 1. The lowest BCUT2D eigenvalue weighted by Crippen LogP contribution is -2.33. The molecule has 1 aromatic carbocycles. The maximum absolute atomic E-state index is 12.0. The molecule has 0 saturated heterocycles. The van der Waals surface area contributed by atoms with Gasteiger partial charge in [-0.25, -0.2) is 13.4 Å². The normalized spacial score (nSPS) is 15.0. The molecule has 3 heterocycles. The van der Waals surface area contributed by atoms with Crippen molar-refractivity contribution in [3.8, 4) is 16.9 Å². The average molecular weight is 441 g/mol. The molecule has 1 aliphatic heterocycles. The molecule has 0 aliphatic carbocycles. The Morgan fingerprint density at radius 2 is 2.03 bits per heavy atom. The summed E-state index contributed by atoms with van der Waals surface area (Å²) in [4.78, 5) is 19.8. The number of methoxy groups -OCH3 is 1. The smallest absolute Gasteiger partial charge is 0.251 e. The number of aromatic amines is 1. The first-order valence-electron chi connectivity index (χ1n) is 9.84. The van der Waals surface area contributed by atoms with Crippen molar-refractivity contribution in [1.82, 2.24) is 19.6 Å². The molecule has 8 nitrogen and oxygen atoms in total. The van der Waals surface area contributed by atoms with Gasteiger partial charge in [-0.3, -0.25) is 4.79 Å². The van der Waals surface area contributed by atoms with Gasteiger partial charge in [0.15, 0.2) is 0 Å². The third kappa shape index (κ3) is 4.06. The molecule has 3 aromatic rings. The highest BCUT2D eigenvalue weighted by molar-refractivity contribution is 7.88. The largest absolute Gasteiger partial charge is 0.496 e. The van der Waals surface area contributed by atoms with E-state index in [4.69, 9.17) is 4.74 Å². The molecule has 0 bridgehead atoms. The lowest BCUT2D eigenvalue weighted by atomic mass is 9.99. The van der Waals surface area contributed by atoms with Crippen LogP contribution in [0.5, 0.6) is 5.75 Å². The zero-order valence-corrected chi connectivity index (χ0v) is 18.4. The highest BCUT2D eigenvalue weighted by Crippen LogP contribution is 2.36. The van der Waals surface area contributed by atoms with Gasteiger partial charge >= 0.3 is 0 Å². The number of H-pyrrole nitrogens is 1. The molecule has 1 aliphatic rings. The second-order valence-corrected chi connectivity index (χ2v) is 9.38. The molecule has 0 radical (unpaired) electrons. The molecule has 0 unspecified atom stereocenters. The van der Waals surface area contributed by atoms with E-state index in [1.165, 1.54) is 10.6 Å². The maximum atomic E-state index is 12.0. The van der Waals surface area contributed by atoms with Crippen LogP contribution in [0.25, 0.3) is 27.7 Å². The average Bonchev–Trinajstić information content (AvgIpc) is 3.22. The number of fused-ring (bicyclic) bond motifs is 1. The minimum atomic E-state index is -3.19. The lowest BCUT2D eigenvalue weighted by molar-refractivity contribution is 0.0962. The summed E-state index contributed by atoms with van der Waals surface area (Å²) in [6.07, 6.45) is 5.52. The van der Waals surface area contributed by atoms with Gasteiger partial charge < -0.3 is 15.0 Å². The molecule has 0 atom stereocenters. The van der Waals surface area contributed by atoms with Crippen molar-refractivity contribution in [1.29, 1.82) is 0 Å². The van der Waals surface area contributed by atoms with Crippen LogP contribution >= 0.6 is 0 Å². The van der Waals surface area contributed by atoms with Gasteiger partial charge in [0.2, 0.25) is 10.0 Å². The number of nitrogens with zero attached hydrogens (tertiary/aromatic N) is 2.